The van der Waals surface area contributed by atoms with Crippen molar-refractivity contribution in [2.45, 2.75) is 12.2 Å². The second-order valence-corrected chi connectivity index (χ2v) is 3.79. The van der Waals surface area contributed by atoms with Crippen molar-refractivity contribution in [2.75, 3.05) is 13.7 Å². The molecule has 0 amide bonds. The Morgan fingerprint density at radius 1 is 1.64 bits per heavy atom. The minimum absolute atomic E-state index is 0.305. The van der Waals surface area contributed by atoms with Gasteiger partial charge in [-0.15, -0.1) is 0 Å². The van der Waals surface area contributed by atoms with Crippen molar-refractivity contribution in [3.05, 3.63) is 0 Å². The lowest BCUT2D eigenvalue weighted by Crippen LogP contribution is -2.29. The first-order valence-electron chi connectivity index (χ1n) is 2.87. The largest absolute Gasteiger partial charge is 0.377 e. The monoisotopic (exact) mass is 182 g/mol. The zero-order valence-electron chi connectivity index (χ0n) is 6.27. The Morgan fingerprint density at radius 3 is 2.36 bits per heavy atom. The van der Waals surface area contributed by atoms with Crippen molar-refractivity contribution in [1.82, 2.24) is 0 Å². The molecule has 6 heteroatoms. The lowest BCUT2D eigenvalue weighted by molar-refractivity contribution is -0.122. The van der Waals surface area contributed by atoms with Crippen LogP contribution in [0.25, 0.3) is 0 Å². The van der Waals surface area contributed by atoms with E-state index in [1.165, 1.54) is 7.11 Å². The number of Topliss-reactive ketones (excluding diaryl/α,β-unsaturated/α-hetero) is 1. The van der Waals surface area contributed by atoms with E-state index in [1.54, 1.807) is 0 Å². The lowest BCUT2D eigenvalue weighted by Gasteiger charge is -2.04. The molecular formula is C5H10O5S. The van der Waals surface area contributed by atoms with Crippen LogP contribution in [0.2, 0.25) is 0 Å². The van der Waals surface area contributed by atoms with Gasteiger partial charge in [-0.1, -0.05) is 0 Å². The molecule has 0 aromatic heterocycles. The maximum Gasteiger partial charge on any atom is 0.274 e. The van der Waals surface area contributed by atoms with Gasteiger partial charge in [0.2, 0.25) is 0 Å². The number of ketones is 1. The maximum atomic E-state index is 10.7. The third-order valence-electron chi connectivity index (χ3n) is 1.19. The number of hydrogen-bond donors (Lipinski definition) is 1. The smallest absolute Gasteiger partial charge is 0.274 e. The molecule has 0 heterocycles. The quantitative estimate of drug-likeness (QED) is 0.591. The molecule has 0 saturated heterocycles. The van der Waals surface area contributed by atoms with Crippen LogP contribution >= 0.6 is 0 Å². The van der Waals surface area contributed by atoms with E-state index in [0.717, 1.165) is 6.92 Å². The fourth-order valence-corrected chi connectivity index (χ4v) is 0.826. The average Bonchev–Trinajstić information content (AvgIpc) is 1.85. The Labute approximate surface area is 65.1 Å². The molecule has 1 N–H and O–H groups in total. The van der Waals surface area contributed by atoms with Gasteiger partial charge in [0.1, 0.15) is 11.9 Å². The van der Waals surface area contributed by atoms with Gasteiger partial charge in [-0.2, -0.15) is 8.42 Å². The van der Waals surface area contributed by atoms with E-state index < -0.39 is 21.2 Å². The van der Waals surface area contributed by atoms with Crippen LogP contribution in [0.15, 0.2) is 0 Å². The number of rotatable bonds is 4. The molecule has 0 rings (SSSR count). The summed E-state index contributed by atoms with van der Waals surface area (Å²) in [5, 5.41) is -1.40. The van der Waals surface area contributed by atoms with Gasteiger partial charge in [-0.25, -0.2) is 0 Å². The normalized spacial score (nSPS) is 14.5. The van der Waals surface area contributed by atoms with Crippen LogP contribution in [0.5, 0.6) is 0 Å². The number of hydrogen-bond acceptors (Lipinski definition) is 4. The summed E-state index contributed by atoms with van der Waals surface area (Å²) in [7, 11) is -2.98. The summed E-state index contributed by atoms with van der Waals surface area (Å²) >= 11 is 0. The molecule has 0 aliphatic heterocycles. The molecule has 0 radical (unpaired) electrons. The second-order valence-electron chi connectivity index (χ2n) is 2.06. The molecule has 0 aliphatic rings. The Kier molecular flexibility index (Phi) is 3.64. The van der Waals surface area contributed by atoms with Crippen molar-refractivity contribution in [3.63, 3.8) is 0 Å². The van der Waals surface area contributed by atoms with Crippen molar-refractivity contribution < 1.29 is 22.5 Å². The molecule has 0 aromatic carbocycles. The highest BCUT2D eigenvalue weighted by Gasteiger charge is 2.24. The number of carbonyl (C=O) groups excluding carboxylic acids is 1. The summed E-state index contributed by atoms with van der Waals surface area (Å²) < 4.78 is 33.4. The topological polar surface area (TPSA) is 80.7 Å². The van der Waals surface area contributed by atoms with E-state index in [-0.39, 0.29) is 6.61 Å². The SMILES string of the molecule is COCC(=O)C(C)S(=O)(=O)O. The Balaban J connectivity index is 4.27. The number of carbonyl (C=O) groups is 1. The summed E-state index contributed by atoms with van der Waals surface area (Å²) in [5.41, 5.74) is 0. The van der Waals surface area contributed by atoms with Crippen LogP contribution in [0.1, 0.15) is 6.92 Å². The number of ether oxygens (including phenoxy) is 1. The van der Waals surface area contributed by atoms with Crippen molar-refractivity contribution in [2.24, 2.45) is 0 Å². The highest BCUT2D eigenvalue weighted by atomic mass is 32.2. The molecule has 11 heavy (non-hydrogen) atoms. The fraction of sp³-hybridized carbons (Fsp3) is 0.800. The molecule has 1 atom stereocenters. The average molecular weight is 182 g/mol. The fourth-order valence-electron chi connectivity index (χ4n) is 0.426. The molecule has 0 aliphatic carbocycles. The first kappa shape index (κ1) is 10.5. The van der Waals surface area contributed by atoms with Gasteiger partial charge in [0.25, 0.3) is 10.1 Å². The lowest BCUT2D eigenvalue weighted by atomic mass is 10.3. The van der Waals surface area contributed by atoms with Gasteiger partial charge in [0.05, 0.1) is 0 Å². The van der Waals surface area contributed by atoms with E-state index in [9.17, 15) is 13.2 Å². The van der Waals surface area contributed by atoms with Gasteiger partial charge in [-0.3, -0.25) is 9.35 Å². The Bertz CT molecular complexity index is 229. The number of methoxy groups -OCH3 is 1. The summed E-state index contributed by atoms with van der Waals surface area (Å²) in [5.74, 6) is -0.657. The molecular weight excluding hydrogens is 172 g/mol. The van der Waals surface area contributed by atoms with E-state index in [0.29, 0.717) is 0 Å². The molecule has 0 saturated carbocycles. The zero-order valence-corrected chi connectivity index (χ0v) is 7.09. The van der Waals surface area contributed by atoms with Crippen LogP contribution in [0.4, 0.5) is 0 Å². The molecule has 66 valence electrons. The van der Waals surface area contributed by atoms with Crippen LogP contribution < -0.4 is 0 Å². The molecule has 1 unspecified atom stereocenters. The van der Waals surface area contributed by atoms with Crippen molar-refractivity contribution in [1.29, 1.82) is 0 Å². The first-order chi connectivity index (χ1) is 4.89. The van der Waals surface area contributed by atoms with Gasteiger partial charge in [-0.05, 0) is 6.92 Å². The molecule has 0 aromatic rings. The van der Waals surface area contributed by atoms with Gasteiger partial charge in [0, 0.05) is 7.11 Å². The van der Waals surface area contributed by atoms with E-state index in [1.807, 2.05) is 0 Å². The molecule has 0 fully saturated rings. The van der Waals surface area contributed by atoms with E-state index in [4.69, 9.17) is 4.55 Å². The van der Waals surface area contributed by atoms with E-state index in [2.05, 4.69) is 4.74 Å². The highest BCUT2D eigenvalue weighted by molar-refractivity contribution is 7.87. The third-order valence-corrected chi connectivity index (χ3v) is 2.34. The predicted octanol–water partition coefficient (Wildman–Crippen LogP) is -0.522. The zero-order chi connectivity index (χ0) is 9.07. The third kappa shape index (κ3) is 3.45. The summed E-state index contributed by atoms with van der Waals surface area (Å²) in [4.78, 5) is 10.7. The highest BCUT2D eigenvalue weighted by Crippen LogP contribution is 1.98. The second kappa shape index (κ2) is 3.80. The van der Waals surface area contributed by atoms with Gasteiger partial charge in [0.15, 0.2) is 5.78 Å². The van der Waals surface area contributed by atoms with Crippen molar-refractivity contribution >= 4 is 15.9 Å². The summed E-state index contributed by atoms with van der Waals surface area (Å²) in [6.07, 6.45) is 0. The van der Waals surface area contributed by atoms with Crippen LogP contribution in [0, 0.1) is 0 Å². The standard InChI is InChI=1S/C5H10O5S/c1-4(11(7,8)9)5(6)3-10-2/h4H,3H2,1-2H3,(H,7,8,9). The molecule has 0 bridgehead atoms. The molecule has 0 spiro atoms. The minimum Gasteiger partial charge on any atom is -0.377 e. The van der Waals surface area contributed by atoms with Crippen molar-refractivity contribution in [3.8, 4) is 0 Å². The first-order valence-corrected chi connectivity index (χ1v) is 4.38. The summed E-state index contributed by atoms with van der Waals surface area (Å²) in [6.45, 7) is 0.803. The van der Waals surface area contributed by atoms with Crippen LogP contribution in [-0.4, -0.2) is 37.7 Å². The van der Waals surface area contributed by atoms with Gasteiger partial charge < -0.3 is 4.74 Å². The van der Waals surface area contributed by atoms with Crippen LogP contribution in [0.3, 0.4) is 0 Å². The Morgan fingerprint density at radius 2 is 2.09 bits per heavy atom. The summed E-state index contributed by atoms with van der Waals surface area (Å²) in [6, 6.07) is 0. The Hall–Kier alpha value is -0.460. The minimum atomic E-state index is -4.25. The van der Waals surface area contributed by atoms with E-state index >= 15 is 0 Å². The maximum absolute atomic E-state index is 10.7. The molecule has 5 nitrogen and oxygen atoms in total. The van der Waals surface area contributed by atoms with Gasteiger partial charge >= 0.3 is 0 Å². The van der Waals surface area contributed by atoms with Crippen LogP contribution in [-0.2, 0) is 19.6 Å². The predicted molar refractivity (Wildman–Crippen MR) is 37.9 cm³/mol.